The highest BCUT2D eigenvalue weighted by Crippen LogP contribution is 2.42. The maximum absolute atomic E-state index is 14.1. The van der Waals surface area contributed by atoms with E-state index in [0.29, 0.717) is 26.8 Å². The molecule has 1 aliphatic heterocycles. The molecule has 37 heavy (non-hydrogen) atoms. The van der Waals surface area contributed by atoms with Crippen LogP contribution in [0.15, 0.2) is 84.4 Å². The molecule has 0 radical (unpaired) electrons. The van der Waals surface area contributed by atoms with Gasteiger partial charge in [-0.25, -0.2) is 4.98 Å². The first kappa shape index (κ1) is 22.9. The number of rotatable bonds is 6. The number of para-hydroxylation sites is 2. The van der Waals surface area contributed by atoms with Crippen LogP contribution >= 0.6 is 11.3 Å². The number of aromatic nitrogens is 3. The molecule has 1 atom stereocenters. The summed E-state index contributed by atoms with van der Waals surface area (Å²) in [5.41, 5.74) is 3.98. The second-order valence-corrected chi connectivity index (χ2v) is 9.77. The predicted molar refractivity (Wildman–Crippen MR) is 140 cm³/mol. The number of Topliss-reactive ketones (excluding diaryl/α,β-unsaturated/α-hetero) is 1. The number of amides is 1. The first-order valence-electron chi connectivity index (χ1n) is 11.7. The Labute approximate surface area is 216 Å². The van der Waals surface area contributed by atoms with Gasteiger partial charge in [-0.1, -0.05) is 41.7 Å². The highest BCUT2D eigenvalue weighted by atomic mass is 32.1. The fourth-order valence-electron chi connectivity index (χ4n) is 4.87. The SMILES string of the molecule is COc1ccc(C2C(C(=O)c3sc4nc5ccccc5n4c3C)=C(O)C(=O)N2Cc2cccnc2)cc1. The van der Waals surface area contributed by atoms with Gasteiger partial charge in [0, 0.05) is 24.6 Å². The molecule has 0 spiro atoms. The maximum Gasteiger partial charge on any atom is 0.290 e. The molecule has 6 rings (SSSR count). The van der Waals surface area contributed by atoms with Gasteiger partial charge in [0.15, 0.2) is 10.7 Å². The van der Waals surface area contributed by atoms with E-state index in [9.17, 15) is 14.7 Å². The fraction of sp³-hybridized carbons (Fsp3) is 0.143. The molecule has 9 heteroatoms. The van der Waals surface area contributed by atoms with E-state index in [2.05, 4.69) is 9.97 Å². The smallest absolute Gasteiger partial charge is 0.290 e. The lowest BCUT2D eigenvalue weighted by atomic mass is 9.94. The molecule has 3 aromatic heterocycles. The molecular weight excluding hydrogens is 488 g/mol. The van der Waals surface area contributed by atoms with Gasteiger partial charge in [0.25, 0.3) is 5.91 Å². The van der Waals surface area contributed by atoms with Gasteiger partial charge in [-0.05, 0) is 48.4 Å². The number of fused-ring (bicyclic) bond motifs is 3. The van der Waals surface area contributed by atoms with E-state index in [0.717, 1.165) is 16.6 Å². The molecule has 8 nitrogen and oxygen atoms in total. The molecule has 0 fully saturated rings. The van der Waals surface area contributed by atoms with Gasteiger partial charge in [0.2, 0.25) is 5.78 Å². The minimum atomic E-state index is -0.781. The predicted octanol–water partition coefficient (Wildman–Crippen LogP) is 5.04. The van der Waals surface area contributed by atoms with E-state index in [-0.39, 0.29) is 12.1 Å². The van der Waals surface area contributed by atoms with Crippen LogP contribution in [-0.4, -0.2) is 43.2 Å². The van der Waals surface area contributed by atoms with Crippen molar-refractivity contribution in [1.82, 2.24) is 19.3 Å². The number of aryl methyl sites for hydroxylation is 1. The van der Waals surface area contributed by atoms with Crippen molar-refractivity contribution >= 4 is 39.0 Å². The highest BCUT2D eigenvalue weighted by Gasteiger charge is 2.44. The zero-order valence-corrected chi connectivity index (χ0v) is 20.9. The van der Waals surface area contributed by atoms with Crippen molar-refractivity contribution in [2.75, 3.05) is 7.11 Å². The lowest BCUT2D eigenvalue weighted by molar-refractivity contribution is -0.130. The topological polar surface area (TPSA) is 97.0 Å². The number of hydrogen-bond donors (Lipinski definition) is 1. The van der Waals surface area contributed by atoms with Crippen molar-refractivity contribution in [3.8, 4) is 5.75 Å². The van der Waals surface area contributed by atoms with Gasteiger partial charge in [-0.3, -0.25) is 19.0 Å². The van der Waals surface area contributed by atoms with Crippen LogP contribution in [0.5, 0.6) is 5.75 Å². The average molecular weight is 511 g/mol. The average Bonchev–Trinajstić information content (AvgIpc) is 3.54. The third kappa shape index (κ3) is 3.66. The minimum Gasteiger partial charge on any atom is -0.503 e. The third-order valence-corrected chi connectivity index (χ3v) is 7.79. The molecule has 0 bridgehead atoms. The van der Waals surface area contributed by atoms with Gasteiger partial charge < -0.3 is 14.7 Å². The van der Waals surface area contributed by atoms with E-state index in [1.807, 2.05) is 41.7 Å². The quantitative estimate of drug-likeness (QED) is 0.322. The van der Waals surface area contributed by atoms with Gasteiger partial charge in [-0.2, -0.15) is 0 Å². The monoisotopic (exact) mass is 510 g/mol. The number of ether oxygens (including phenoxy) is 1. The van der Waals surface area contributed by atoms with Crippen molar-refractivity contribution < 1.29 is 19.4 Å². The molecule has 0 saturated carbocycles. The van der Waals surface area contributed by atoms with Crippen molar-refractivity contribution in [3.05, 3.63) is 106 Å². The number of aliphatic hydroxyl groups is 1. The Morgan fingerprint density at radius 2 is 1.89 bits per heavy atom. The van der Waals surface area contributed by atoms with Crippen LogP contribution in [0, 0.1) is 6.92 Å². The van der Waals surface area contributed by atoms with Crippen LogP contribution < -0.4 is 4.74 Å². The summed E-state index contributed by atoms with van der Waals surface area (Å²) in [5, 5.41) is 11.1. The summed E-state index contributed by atoms with van der Waals surface area (Å²) in [6.45, 7) is 2.04. The zero-order chi connectivity index (χ0) is 25.7. The normalized spacial score (nSPS) is 15.8. The third-order valence-electron chi connectivity index (χ3n) is 6.65. The first-order valence-corrected chi connectivity index (χ1v) is 12.5. The van der Waals surface area contributed by atoms with E-state index in [1.165, 1.54) is 16.2 Å². The van der Waals surface area contributed by atoms with Gasteiger partial charge in [-0.15, -0.1) is 0 Å². The van der Waals surface area contributed by atoms with Crippen molar-refractivity contribution in [2.45, 2.75) is 19.5 Å². The van der Waals surface area contributed by atoms with E-state index >= 15 is 0 Å². The number of aliphatic hydroxyl groups excluding tert-OH is 1. The largest absolute Gasteiger partial charge is 0.503 e. The summed E-state index contributed by atoms with van der Waals surface area (Å²) < 4.78 is 7.23. The van der Waals surface area contributed by atoms with E-state index in [4.69, 9.17) is 4.74 Å². The van der Waals surface area contributed by atoms with Crippen LogP contribution in [0.3, 0.4) is 0 Å². The Morgan fingerprint density at radius 1 is 1.11 bits per heavy atom. The summed E-state index contributed by atoms with van der Waals surface area (Å²) in [4.78, 5) is 38.8. The van der Waals surface area contributed by atoms with Gasteiger partial charge in [0.1, 0.15) is 5.75 Å². The Bertz CT molecular complexity index is 1700. The molecule has 1 unspecified atom stereocenters. The second-order valence-electron chi connectivity index (χ2n) is 8.80. The molecule has 5 aromatic rings. The Morgan fingerprint density at radius 3 is 2.62 bits per heavy atom. The van der Waals surface area contributed by atoms with E-state index in [1.54, 1.807) is 49.8 Å². The van der Waals surface area contributed by atoms with Gasteiger partial charge in [0.05, 0.1) is 34.6 Å². The number of pyridine rings is 1. The molecule has 4 heterocycles. The zero-order valence-electron chi connectivity index (χ0n) is 20.1. The number of carbonyl (C=O) groups excluding carboxylic acids is 2. The lowest BCUT2D eigenvalue weighted by Crippen LogP contribution is -2.30. The molecule has 0 aliphatic carbocycles. The molecule has 1 amide bonds. The first-order chi connectivity index (χ1) is 18.0. The van der Waals surface area contributed by atoms with Crippen molar-refractivity contribution in [1.29, 1.82) is 0 Å². The number of thiazole rings is 1. The molecule has 1 aliphatic rings. The molecule has 0 saturated heterocycles. The highest BCUT2D eigenvalue weighted by molar-refractivity contribution is 7.19. The Hall–Kier alpha value is -4.50. The van der Waals surface area contributed by atoms with E-state index < -0.39 is 23.5 Å². The van der Waals surface area contributed by atoms with Gasteiger partial charge >= 0.3 is 0 Å². The molecular formula is C28H22N4O4S. The summed E-state index contributed by atoms with van der Waals surface area (Å²) in [5.74, 6) is -0.880. The van der Waals surface area contributed by atoms with Crippen molar-refractivity contribution in [2.24, 2.45) is 0 Å². The van der Waals surface area contributed by atoms with Crippen molar-refractivity contribution in [3.63, 3.8) is 0 Å². The number of imidazole rings is 1. The summed E-state index contributed by atoms with van der Waals surface area (Å²) in [6.07, 6.45) is 3.32. The summed E-state index contributed by atoms with van der Waals surface area (Å²) in [7, 11) is 1.57. The van der Waals surface area contributed by atoms with Crippen LogP contribution in [0.4, 0.5) is 0 Å². The number of ketones is 1. The number of carbonyl (C=O) groups is 2. The number of methoxy groups -OCH3 is 1. The van der Waals surface area contributed by atoms with Crippen LogP contribution in [0.25, 0.3) is 16.0 Å². The summed E-state index contributed by atoms with van der Waals surface area (Å²) in [6, 6.07) is 17.7. The standard InChI is InChI=1S/C28H22N4O4S/c1-16-26(37-28-30-20-7-3-4-8-21(20)32(16)28)24(33)22-23(18-9-11-19(36-2)12-10-18)31(27(35)25(22)34)15-17-6-5-13-29-14-17/h3-14,23,34H,15H2,1-2H3. The number of nitrogens with zero attached hydrogens (tertiary/aromatic N) is 4. The molecule has 1 N–H and O–H groups in total. The Kier molecular flexibility index (Phi) is 5.49. The van der Waals surface area contributed by atoms with Crippen LogP contribution in [-0.2, 0) is 11.3 Å². The minimum absolute atomic E-state index is 0.0518. The molecule has 184 valence electrons. The Balaban J connectivity index is 1.47. The van der Waals surface area contributed by atoms with Crippen LogP contribution in [0.2, 0.25) is 0 Å². The maximum atomic E-state index is 14.1. The number of benzene rings is 2. The molecule has 2 aromatic carbocycles. The fourth-order valence-corrected chi connectivity index (χ4v) is 5.96. The van der Waals surface area contributed by atoms with Crippen LogP contribution in [0.1, 0.15) is 32.5 Å². The summed E-state index contributed by atoms with van der Waals surface area (Å²) >= 11 is 1.25. The second kappa shape index (κ2) is 8.86. The number of hydrogen-bond acceptors (Lipinski definition) is 7. The lowest BCUT2D eigenvalue weighted by Gasteiger charge is -2.27.